The fourth-order valence-electron chi connectivity index (χ4n) is 2.05. The van der Waals surface area contributed by atoms with Crippen LogP contribution >= 0.6 is 0 Å². The Morgan fingerprint density at radius 2 is 1.96 bits per heavy atom. The third kappa shape index (κ3) is 4.26. The Balaban J connectivity index is 2.19. The van der Waals surface area contributed by atoms with Gasteiger partial charge in [-0.15, -0.1) is 0 Å². The van der Waals surface area contributed by atoms with Crippen molar-refractivity contribution in [3.8, 4) is 11.6 Å². The molecule has 0 radical (unpaired) electrons. The number of rotatable bonds is 6. The van der Waals surface area contributed by atoms with Crippen LogP contribution in [0.5, 0.6) is 11.6 Å². The van der Waals surface area contributed by atoms with E-state index in [4.69, 9.17) is 15.6 Å². The second-order valence-corrected chi connectivity index (χ2v) is 4.99. The lowest BCUT2D eigenvalue weighted by Gasteiger charge is -2.17. The molecular weight excluding hydrogens is 296 g/mol. The lowest BCUT2D eigenvalue weighted by atomic mass is 10.1. The number of nitrogens with zero attached hydrogens (tertiary/aromatic N) is 1. The largest absolute Gasteiger partial charge is 0.465 e. The molecule has 2 aromatic rings. The summed E-state index contributed by atoms with van der Waals surface area (Å²) in [5, 5.41) is 14.0. The van der Waals surface area contributed by atoms with Crippen molar-refractivity contribution < 1.29 is 14.6 Å². The first-order chi connectivity index (χ1) is 11.0. The number of aromatic nitrogens is 1. The summed E-state index contributed by atoms with van der Waals surface area (Å²) in [5.74, 6) is 0.974. The first-order valence-corrected chi connectivity index (χ1v) is 7.19. The number of benzene rings is 1. The summed E-state index contributed by atoms with van der Waals surface area (Å²) in [4.78, 5) is 14.9. The molecule has 0 saturated heterocycles. The maximum atomic E-state index is 10.5. The number of amides is 1. The summed E-state index contributed by atoms with van der Waals surface area (Å²) in [5.41, 5.74) is 8.95. The molecular formula is C16H20N4O3. The minimum absolute atomic E-state index is 0.268. The zero-order valence-electron chi connectivity index (χ0n) is 13.1. The van der Waals surface area contributed by atoms with E-state index < -0.39 is 6.09 Å². The molecule has 2 rings (SSSR count). The highest BCUT2D eigenvalue weighted by molar-refractivity contribution is 5.75. The van der Waals surface area contributed by atoms with Crippen molar-refractivity contribution in [1.82, 2.24) is 10.3 Å². The molecule has 1 heterocycles. The minimum Gasteiger partial charge on any atom is -0.465 e. The van der Waals surface area contributed by atoms with Crippen molar-refractivity contribution in [3.05, 3.63) is 41.6 Å². The van der Waals surface area contributed by atoms with E-state index in [9.17, 15) is 4.79 Å². The average molecular weight is 316 g/mol. The van der Waals surface area contributed by atoms with E-state index in [1.54, 1.807) is 0 Å². The highest BCUT2D eigenvalue weighted by atomic mass is 16.5. The summed E-state index contributed by atoms with van der Waals surface area (Å²) in [6.07, 6.45) is -1.06. The zero-order valence-corrected chi connectivity index (χ0v) is 13.1. The Kier molecular flexibility index (Phi) is 5.24. The molecule has 1 aromatic heterocycles. The van der Waals surface area contributed by atoms with Gasteiger partial charge in [-0.3, -0.25) is 0 Å². The lowest BCUT2D eigenvalue weighted by Crippen LogP contribution is -2.27. The summed E-state index contributed by atoms with van der Waals surface area (Å²) in [7, 11) is 0. The van der Waals surface area contributed by atoms with Crippen molar-refractivity contribution in [2.75, 3.05) is 24.1 Å². The second kappa shape index (κ2) is 7.35. The van der Waals surface area contributed by atoms with E-state index in [1.165, 1.54) is 0 Å². The molecule has 0 bridgehead atoms. The molecule has 7 heteroatoms. The van der Waals surface area contributed by atoms with Gasteiger partial charge in [-0.1, -0.05) is 18.2 Å². The van der Waals surface area contributed by atoms with Crippen LogP contribution < -0.4 is 21.1 Å². The molecule has 0 aliphatic rings. The van der Waals surface area contributed by atoms with Crippen LogP contribution in [0, 0.1) is 13.8 Å². The van der Waals surface area contributed by atoms with Crippen LogP contribution in [0.1, 0.15) is 11.3 Å². The van der Waals surface area contributed by atoms with Gasteiger partial charge >= 0.3 is 6.09 Å². The Morgan fingerprint density at radius 1 is 1.26 bits per heavy atom. The number of aryl methyl sites for hydroxylation is 1. The van der Waals surface area contributed by atoms with Gasteiger partial charge in [0.2, 0.25) is 5.88 Å². The third-order valence-corrected chi connectivity index (χ3v) is 3.35. The Hall–Kier alpha value is -2.96. The molecule has 0 unspecified atom stereocenters. The number of ether oxygens (including phenoxy) is 1. The molecule has 7 nitrogen and oxygen atoms in total. The normalized spacial score (nSPS) is 10.2. The van der Waals surface area contributed by atoms with E-state index in [0.29, 0.717) is 29.5 Å². The van der Waals surface area contributed by atoms with Crippen LogP contribution in [0.2, 0.25) is 0 Å². The molecule has 0 saturated carbocycles. The van der Waals surface area contributed by atoms with E-state index in [2.05, 4.69) is 15.6 Å². The van der Waals surface area contributed by atoms with Crippen LogP contribution in [-0.2, 0) is 0 Å². The van der Waals surface area contributed by atoms with Crippen LogP contribution in [0.4, 0.5) is 16.2 Å². The maximum absolute atomic E-state index is 10.5. The van der Waals surface area contributed by atoms with E-state index in [0.717, 1.165) is 11.3 Å². The topological polar surface area (TPSA) is 110 Å². The van der Waals surface area contributed by atoms with Crippen molar-refractivity contribution in [2.24, 2.45) is 0 Å². The molecule has 1 amide bonds. The molecule has 0 atom stereocenters. The van der Waals surface area contributed by atoms with E-state index in [1.807, 2.05) is 44.2 Å². The molecule has 0 aliphatic carbocycles. The molecule has 0 fully saturated rings. The SMILES string of the molecule is Cc1nc(Oc2ccccc2)c(N)c(NCCNC(=O)O)c1C. The van der Waals surface area contributed by atoms with Crippen LogP contribution in [-0.4, -0.2) is 29.3 Å². The number of hydrogen-bond acceptors (Lipinski definition) is 5. The number of nitrogens with one attached hydrogen (secondary N) is 2. The standard InChI is InChI=1S/C16H20N4O3/c1-10-11(2)20-15(23-12-6-4-3-5-7-12)13(17)14(10)18-8-9-19-16(21)22/h3-7,19H,8-9,17H2,1-2H3,(H,18,20)(H,21,22). The van der Waals surface area contributed by atoms with Gasteiger partial charge in [-0.25, -0.2) is 9.78 Å². The van der Waals surface area contributed by atoms with Gasteiger partial charge in [0.25, 0.3) is 0 Å². The molecule has 0 spiro atoms. The fraction of sp³-hybridized carbons (Fsp3) is 0.250. The first kappa shape index (κ1) is 16.4. The summed E-state index contributed by atoms with van der Waals surface area (Å²) < 4.78 is 5.74. The molecule has 1 aromatic carbocycles. The van der Waals surface area contributed by atoms with Gasteiger partial charge < -0.3 is 26.2 Å². The number of para-hydroxylation sites is 1. The predicted molar refractivity (Wildman–Crippen MR) is 89.2 cm³/mol. The van der Waals surface area contributed by atoms with Crippen LogP contribution in [0.3, 0.4) is 0 Å². The third-order valence-electron chi connectivity index (χ3n) is 3.35. The number of carboxylic acid groups (broad SMARTS) is 1. The first-order valence-electron chi connectivity index (χ1n) is 7.19. The summed E-state index contributed by atoms with van der Waals surface area (Å²) in [6, 6.07) is 9.26. The molecule has 0 aliphatic heterocycles. The summed E-state index contributed by atoms with van der Waals surface area (Å²) in [6.45, 7) is 4.45. The lowest BCUT2D eigenvalue weighted by molar-refractivity contribution is 0.195. The van der Waals surface area contributed by atoms with E-state index >= 15 is 0 Å². The van der Waals surface area contributed by atoms with Crippen molar-refractivity contribution in [3.63, 3.8) is 0 Å². The molecule has 23 heavy (non-hydrogen) atoms. The summed E-state index contributed by atoms with van der Waals surface area (Å²) >= 11 is 0. The van der Waals surface area contributed by atoms with Crippen molar-refractivity contribution >= 4 is 17.5 Å². The number of nitrogen functional groups attached to an aromatic ring is 1. The van der Waals surface area contributed by atoms with Crippen LogP contribution in [0.25, 0.3) is 0 Å². The number of nitrogens with two attached hydrogens (primary N) is 1. The predicted octanol–water partition coefficient (Wildman–Crippen LogP) is 2.75. The second-order valence-electron chi connectivity index (χ2n) is 4.99. The van der Waals surface area contributed by atoms with Gasteiger partial charge in [0, 0.05) is 18.8 Å². The van der Waals surface area contributed by atoms with Crippen LogP contribution in [0.15, 0.2) is 30.3 Å². The van der Waals surface area contributed by atoms with Gasteiger partial charge in [-0.05, 0) is 31.5 Å². The Morgan fingerprint density at radius 3 is 2.61 bits per heavy atom. The maximum Gasteiger partial charge on any atom is 0.404 e. The highest BCUT2D eigenvalue weighted by Gasteiger charge is 2.14. The smallest absolute Gasteiger partial charge is 0.404 e. The number of pyridine rings is 1. The average Bonchev–Trinajstić information content (AvgIpc) is 2.52. The monoisotopic (exact) mass is 316 g/mol. The quantitative estimate of drug-likeness (QED) is 0.610. The number of carbonyl (C=O) groups is 1. The van der Waals surface area contributed by atoms with Gasteiger partial charge in [0.15, 0.2) is 0 Å². The Bertz CT molecular complexity index is 689. The Labute approximate surface area is 134 Å². The number of anilines is 2. The molecule has 122 valence electrons. The zero-order chi connectivity index (χ0) is 16.8. The van der Waals surface area contributed by atoms with Gasteiger partial charge in [0.05, 0.1) is 5.69 Å². The fourth-order valence-corrected chi connectivity index (χ4v) is 2.05. The number of hydrogen-bond donors (Lipinski definition) is 4. The van der Waals surface area contributed by atoms with Gasteiger partial charge in [0.1, 0.15) is 11.4 Å². The van der Waals surface area contributed by atoms with Gasteiger partial charge in [-0.2, -0.15) is 0 Å². The van der Waals surface area contributed by atoms with E-state index in [-0.39, 0.29) is 6.54 Å². The van der Waals surface area contributed by atoms with Crippen molar-refractivity contribution in [2.45, 2.75) is 13.8 Å². The minimum atomic E-state index is -1.06. The highest BCUT2D eigenvalue weighted by Crippen LogP contribution is 2.34. The van der Waals surface area contributed by atoms with Crippen molar-refractivity contribution in [1.29, 1.82) is 0 Å². The molecule has 5 N–H and O–H groups in total.